The predicted octanol–water partition coefficient (Wildman–Crippen LogP) is 2.74. The number of hydrogen-bond donors (Lipinski definition) is 1. The SMILES string of the molecule is CCCn1c(Sc2ccc3c(c2)OCCO3)nc2c(N)ncnc21. The van der Waals surface area contributed by atoms with Crippen LogP contribution in [0.4, 0.5) is 5.82 Å². The lowest BCUT2D eigenvalue weighted by Gasteiger charge is -2.18. The van der Waals surface area contributed by atoms with E-state index in [0.29, 0.717) is 24.5 Å². The summed E-state index contributed by atoms with van der Waals surface area (Å²) < 4.78 is 13.3. The first-order valence-electron chi connectivity index (χ1n) is 7.80. The van der Waals surface area contributed by atoms with E-state index in [0.717, 1.165) is 40.2 Å². The molecule has 0 fully saturated rings. The molecule has 0 spiro atoms. The summed E-state index contributed by atoms with van der Waals surface area (Å²) in [5.74, 6) is 1.95. The van der Waals surface area contributed by atoms with E-state index in [1.54, 1.807) is 11.8 Å². The molecule has 1 aliphatic rings. The summed E-state index contributed by atoms with van der Waals surface area (Å²) in [5.41, 5.74) is 7.36. The monoisotopic (exact) mass is 343 g/mol. The van der Waals surface area contributed by atoms with Crippen LogP contribution in [0.2, 0.25) is 0 Å². The zero-order valence-corrected chi connectivity index (χ0v) is 14.0. The predicted molar refractivity (Wildman–Crippen MR) is 91.6 cm³/mol. The quantitative estimate of drug-likeness (QED) is 0.779. The van der Waals surface area contributed by atoms with Gasteiger partial charge < -0.3 is 19.8 Å². The average molecular weight is 343 g/mol. The van der Waals surface area contributed by atoms with Crippen LogP contribution < -0.4 is 15.2 Å². The first-order valence-corrected chi connectivity index (χ1v) is 8.62. The molecule has 7 nitrogen and oxygen atoms in total. The molecule has 2 aromatic heterocycles. The molecule has 3 aromatic rings. The second-order valence-electron chi connectivity index (χ2n) is 5.38. The van der Waals surface area contributed by atoms with Crippen LogP contribution in [0.5, 0.6) is 11.5 Å². The van der Waals surface area contributed by atoms with Gasteiger partial charge in [0.25, 0.3) is 0 Å². The fourth-order valence-corrected chi connectivity index (χ4v) is 3.57. The molecule has 0 aliphatic carbocycles. The van der Waals surface area contributed by atoms with Crippen LogP contribution in [-0.2, 0) is 6.54 Å². The highest BCUT2D eigenvalue weighted by Crippen LogP contribution is 2.37. The minimum atomic E-state index is 0.402. The minimum Gasteiger partial charge on any atom is -0.486 e. The lowest BCUT2D eigenvalue weighted by atomic mass is 10.3. The first kappa shape index (κ1) is 15.1. The number of nitrogens with zero attached hydrogens (tertiary/aromatic N) is 4. The summed E-state index contributed by atoms with van der Waals surface area (Å²) in [5, 5.41) is 0.843. The van der Waals surface area contributed by atoms with E-state index in [2.05, 4.69) is 26.4 Å². The largest absolute Gasteiger partial charge is 0.486 e. The molecular formula is C16H17N5O2S. The van der Waals surface area contributed by atoms with Gasteiger partial charge in [-0.15, -0.1) is 0 Å². The number of anilines is 1. The standard InChI is InChI=1S/C16H17N5O2S/c1-2-5-21-15-13(14(17)18-9-19-15)20-16(21)24-10-3-4-11-12(8-10)23-7-6-22-11/h3-4,8-9H,2,5-7H2,1H3,(H2,17,18,19). The van der Waals surface area contributed by atoms with Crippen molar-refractivity contribution in [2.75, 3.05) is 18.9 Å². The average Bonchev–Trinajstić information content (AvgIpc) is 2.94. The van der Waals surface area contributed by atoms with E-state index in [1.165, 1.54) is 6.33 Å². The highest BCUT2D eigenvalue weighted by molar-refractivity contribution is 7.99. The fraction of sp³-hybridized carbons (Fsp3) is 0.312. The molecule has 24 heavy (non-hydrogen) atoms. The smallest absolute Gasteiger partial charge is 0.175 e. The summed E-state index contributed by atoms with van der Waals surface area (Å²) in [6.07, 6.45) is 2.45. The zero-order valence-electron chi connectivity index (χ0n) is 13.2. The molecule has 4 rings (SSSR count). The number of aromatic nitrogens is 4. The van der Waals surface area contributed by atoms with E-state index >= 15 is 0 Å². The Balaban J connectivity index is 1.73. The molecule has 2 N–H and O–H groups in total. The lowest BCUT2D eigenvalue weighted by molar-refractivity contribution is 0.171. The van der Waals surface area contributed by atoms with Gasteiger partial charge in [0.2, 0.25) is 0 Å². The second kappa shape index (κ2) is 6.20. The van der Waals surface area contributed by atoms with Gasteiger partial charge in [-0.2, -0.15) is 0 Å². The number of imidazole rings is 1. The Hall–Kier alpha value is -2.48. The maximum Gasteiger partial charge on any atom is 0.175 e. The molecule has 1 aliphatic heterocycles. The molecule has 8 heteroatoms. The summed E-state index contributed by atoms with van der Waals surface area (Å²) in [7, 11) is 0. The Kier molecular flexibility index (Phi) is 3.89. The summed E-state index contributed by atoms with van der Waals surface area (Å²) in [6.45, 7) is 4.10. The molecular weight excluding hydrogens is 326 g/mol. The molecule has 3 heterocycles. The van der Waals surface area contributed by atoms with Gasteiger partial charge in [-0.05, 0) is 24.6 Å². The third-order valence-corrected chi connectivity index (χ3v) is 4.68. The topological polar surface area (TPSA) is 88.1 Å². The van der Waals surface area contributed by atoms with Gasteiger partial charge in [0.1, 0.15) is 19.5 Å². The van der Waals surface area contributed by atoms with Crippen molar-refractivity contribution in [2.45, 2.75) is 29.9 Å². The maximum absolute atomic E-state index is 5.95. The number of nitrogens with two attached hydrogens (primary N) is 1. The van der Waals surface area contributed by atoms with Crippen LogP contribution in [0, 0.1) is 0 Å². The van der Waals surface area contributed by atoms with Gasteiger partial charge in [-0.25, -0.2) is 15.0 Å². The van der Waals surface area contributed by atoms with E-state index in [4.69, 9.17) is 15.2 Å². The van der Waals surface area contributed by atoms with Gasteiger partial charge in [0, 0.05) is 11.4 Å². The number of ether oxygens (including phenoxy) is 2. The normalized spacial score (nSPS) is 13.4. The van der Waals surface area contributed by atoms with Crippen molar-refractivity contribution in [3.05, 3.63) is 24.5 Å². The van der Waals surface area contributed by atoms with E-state index in [-0.39, 0.29) is 0 Å². The van der Waals surface area contributed by atoms with E-state index in [9.17, 15) is 0 Å². The third-order valence-electron chi connectivity index (χ3n) is 3.70. The van der Waals surface area contributed by atoms with Gasteiger partial charge in [0.05, 0.1) is 0 Å². The number of nitrogen functional groups attached to an aromatic ring is 1. The summed E-state index contributed by atoms with van der Waals surface area (Å²) in [6, 6.07) is 5.91. The minimum absolute atomic E-state index is 0.402. The number of hydrogen-bond acceptors (Lipinski definition) is 7. The van der Waals surface area contributed by atoms with Gasteiger partial charge in [-0.1, -0.05) is 18.7 Å². The lowest BCUT2D eigenvalue weighted by Crippen LogP contribution is -2.15. The first-order chi connectivity index (χ1) is 11.8. The Labute approximate surface area is 143 Å². The Morgan fingerprint density at radius 3 is 2.88 bits per heavy atom. The number of aryl methyl sites for hydroxylation is 1. The third kappa shape index (κ3) is 2.62. The van der Waals surface area contributed by atoms with Crippen molar-refractivity contribution in [1.29, 1.82) is 0 Å². The maximum atomic E-state index is 5.95. The number of benzene rings is 1. The van der Waals surface area contributed by atoms with Crippen molar-refractivity contribution in [3.8, 4) is 11.5 Å². The van der Waals surface area contributed by atoms with Gasteiger partial charge >= 0.3 is 0 Å². The van der Waals surface area contributed by atoms with Crippen molar-refractivity contribution in [2.24, 2.45) is 0 Å². The second-order valence-corrected chi connectivity index (χ2v) is 6.43. The van der Waals surface area contributed by atoms with Crippen molar-refractivity contribution in [1.82, 2.24) is 19.5 Å². The van der Waals surface area contributed by atoms with E-state index < -0.39 is 0 Å². The molecule has 0 amide bonds. The molecule has 124 valence electrons. The highest BCUT2D eigenvalue weighted by Gasteiger charge is 2.17. The van der Waals surface area contributed by atoms with Crippen LogP contribution >= 0.6 is 11.8 Å². The Morgan fingerprint density at radius 2 is 2.04 bits per heavy atom. The van der Waals surface area contributed by atoms with Crippen LogP contribution in [0.1, 0.15) is 13.3 Å². The summed E-state index contributed by atoms with van der Waals surface area (Å²) >= 11 is 1.55. The van der Waals surface area contributed by atoms with Gasteiger partial charge in [-0.3, -0.25) is 0 Å². The molecule has 0 atom stereocenters. The molecule has 0 saturated heterocycles. The van der Waals surface area contributed by atoms with Crippen LogP contribution in [0.25, 0.3) is 11.2 Å². The van der Waals surface area contributed by atoms with Crippen LogP contribution in [0.15, 0.2) is 34.6 Å². The number of fused-ring (bicyclic) bond motifs is 2. The van der Waals surface area contributed by atoms with E-state index in [1.807, 2.05) is 18.2 Å². The number of rotatable bonds is 4. The Bertz CT molecular complexity index is 896. The molecule has 1 aromatic carbocycles. The summed E-state index contributed by atoms with van der Waals surface area (Å²) in [4.78, 5) is 14.0. The Morgan fingerprint density at radius 1 is 1.21 bits per heavy atom. The van der Waals surface area contributed by atoms with Crippen molar-refractivity contribution >= 4 is 28.7 Å². The van der Waals surface area contributed by atoms with Crippen molar-refractivity contribution < 1.29 is 9.47 Å². The highest BCUT2D eigenvalue weighted by atomic mass is 32.2. The fourth-order valence-electron chi connectivity index (χ4n) is 2.63. The molecule has 0 bridgehead atoms. The van der Waals surface area contributed by atoms with Gasteiger partial charge in [0.15, 0.2) is 33.6 Å². The zero-order chi connectivity index (χ0) is 16.5. The molecule has 0 saturated carbocycles. The van der Waals surface area contributed by atoms with Crippen molar-refractivity contribution in [3.63, 3.8) is 0 Å². The molecule has 0 radical (unpaired) electrons. The van der Waals surface area contributed by atoms with Crippen LogP contribution in [0.3, 0.4) is 0 Å². The molecule has 0 unspecified atom stereocenters. The van der Waals surface area contributed by atoms with Crippen LogP contribution in [-0.4, -0.2) is 32.7 Å².